The molecule has 8 heteroatoms. The normalized spacial score (nSPS) is 18.3. The van der Waals surface area contributed by atoms with Crippen LogP contribution in [0.5, 0.6) is 0 Å². The van der Waals surface area contributed by atoms with Gasteiger partial charge in [0.15, 0.2) is 5.11 Å². The number of aromatic nitrogens is 1. The molecular weight excluding hydrogens is 405 g/mol. The summed E-state index contributed by atoms with van der Waals surface area (Å²) in [6, 6.07) is 15.0. The van der Waals surface area contributed by atoms with Crippen molar-refractivity contribution in [3.63, 3.8) is 0 Å². The van der Waals surface area contributed by atoms with Crippen LogP contribution in [0.15, 0.2) is 65.2 Å². The smallest absolute Gasteiger partial charge is 0.307 e. The molecule has 0 saturated carbocycles. The highest BCUT2D eigenvalue weighted by Crippen LogP contribution is 2.40. The van der Waals surface area contributed by atoms with Crippen molar-refractivity contribution in [2.75, 3.05) is 13.7 Å². The van der Waals surface area contributed by atoms with Crippen LogP contribution in [0.25, 0.3) is 11.3 Å². The highest BCUT2D eigenvalue weighted by atomic mass is 32.1. The van der Waals surface area contributed by atoms with Gasteiger partial charge in [-0.05, 0) is 60.7 Å². The standard InChI is InChI=1S/C22H20FN3O3S/c1-28-19(27)11-13-26-21(20(25-22(26)30)16-4-2-3-12-24-16)18-10-9-17(29-18)14-5-7-15(23)8-6-14/h2-10,12,20-21H,11,13H2,1H3,(H,25,30). The first-order valence-electron chi connectivity index (χ1n) is 9.47. The van der Waals surface area contributed by atoms with Crippen molar-refractivity contribution in [3.05, 3.63) is 78.1 Å². The fourth-order valence-electron chi connectivity index (χ4n) is 3.55. The molecule has 1 saturated heterocycles. The Morgan fingerprint density at radius 1 is 1.23 bits per heavy atom. The number of furan rings is 1. The summed E-state index contributed by atoms with van der Waals surface area (Å²) in [5, 5.41) is 3.81. The molecule has 0 amide bonds. The van der Waals surface area contributed by atoms with Gasteiger partial charge >= 0.3 is 5.97 Å². The third-order valence-corrected chi connectivity index (χ3v) is 5.38. The molecular formula is C22H20FN3O3S. The number of pyridine rings is 1. The summed E-state index contributed by atoms with van der Waals surface area (Å²) in [6.45, 7) is 0.374. The average molecular weight is 425 g/mol. The number of carbonyl (C=O) groups is 1. The number of nitrogens with zero attached hydrogens (tertiary/aromatic N) is 2. The Kier molecular flexibility index (Phi) is 5.76. The molecule has 0 aliphatic carbocycles. The predicted octanol–water partition coefficient (Wildman–Crippen LogP) is 4.02. The van der Waals surface area contributed by atoms with Gasteiger partial charge in [-0.1, -0.05) is 6.07 Å². The Morgan fingerprint density at radius 3 is 2.73 bits per heavy atom. The van der Waals surface area contributed by atoms with Gasteiger partial charge in [0.1, 0.15) is 23.4 Å². The second-order valence-corrected chi connectivity index (χ2v) is 7.24. The van der Waals surface area contributed by atoms with Crippen molar-refractivity contribution in [2.24, 2.45) is 0 Å². The van der Waals surface area contributed by atoms with Gasteiger partial charge in [0.05, 0.1) is 25.3 Å². The molecule has 1 aromatic carbocycles. The van der Waals surface area contributed by atoms with Gasteiger partial charge in [-0.25, -0.2) is 4.39 Å². The van der Waals surface area contributed by atoms with Crippen LogP contribution in [0.2, 0.25) is 0 Å². The maximum Gasteiger partial charge on any atom is 0.307 e. The lowest BCUT2D eigenvalue weighted by atomic mass is 10.0. The lowest BCUT2D eigenvalue weighted by Crippen LogP contribution is -2.31. The first kappa shape index (κ1) is 20.0. The summed E-state index contributed by atoms with van der Waals surface area (Å²) in [5.74, 6) is 0.669. The number of ether oxygens (including phenoxy) is 1. The maximum atomic E-state index is 13.3. The third kappa shape index (κ3) is 4.04. The monoisotopic (exact) mass is 425 g/mol. The summed E-state index contributed by atoms with van der Waals surface area (Å²) >= 11 is 5.55. The molecule has 3 heterocycles. The van der Waals surface area contributed by atoms with E-state index in [1.54, 1.807) is 18.3 Å². The number of rotatable bonds is 6. The Labute approximate surface area is 178 Å². The quantitative estimate of drug-likeness (QED) is 0.473. The van der Waals surface area contributed by atoms with Gasteiger partial charge in [-0.2, -0.15) is 0 Å². The zero-order valence-corrected chi connectivity index (χ0v) is 17.1. The lowest BCUT2D eigenvalue weighted by Gasteiger charge is -2.25. The van der Waals surface area contributed by atoms with Crippen LogP contribution in [-0.4, -0.2) is 34.6 Å². The number of nitrogens with one attached hydrogen (secondary N) is 1. The second kappa shape index (κ2) is 8.62. The van der Waals surface area contributed by atoms with E-state index in [4.69, 9.17) is 21.4 Å². The zero-order valence-electron chi connectivity index (χ0n) is 16.2. The fourth-order valence-corrected chi connectivity index (χ4v) is 3.88. The van der Waals surface area contributed by atoms with Gasteiger partial charge in [0, 0.05) is 18.3 Å². The van der Waals surface area contributed by atoms with Crippen molar-refractivity contribution in [1.29, 1.82) is 0 Å². The second-order valence-electron chi connectivity index (χ2n) is 6.86. The molecule has 1 aliphatic heterocycles. The summed E-state index contributed by atoms with van der Waals surface area (Å²) in [4.78, 5) is 18.1. The lowest BCUT2D eigenvalue weighted by molar-refractivity contribution is -0.140. The van der Waals surface area contributed by atoms with Crippen LogP contribution in [0, 0.1) is 5.82 Å². The van der Waals surface area contributed by atoms with Crippen molar-refractivity contribution < 1.29 is 18.3 Å². The number of carbonyl (C=O) groups excluding carboxylic acids is 1. The molecule has 0 spiro atoms. The average Bonchev–Trinajstić information content (AvgIpc) is 3.37. The molecule has 2 aromatic heterocycles. The van der Waals surface area contributed by atoms with E-state index in [9.17, 15) is 9.18 Å². The van der Waals surface area contributed by atoms with E-state index in [2.05, 4.69) is 10.3 Å². The van der Waals surface area contributed by atoms with E-state index in [-0.39, 0.29) is 30.3 Å². The first-order chi connectivity index (χ1) is 14.6. The molecule has 3 aromatic rings. The van der Waals surface area contributed by atoms with Gasteiger partial charge < -0.3 is 19.4 Å². The molecule has 4 rings (SSSR count). The fraction of sp³-hybridized carbons (Fsp3) is 0.227. The Balaban J connectivity index is 1.68. The minimum Gasteiger partial charge on any atom is -0.469 e. The molecule has 0 radical (unpaired) electrons. The van der Waals surface area contributed by atoms with Crippen LogP contribution < -0.4 is 5.32 Å². The van der Waals surface area contributed by atoms with E-state index < -0.39 is 0 Å². The SMILES string of the molecule is COC(=O)CCN1C(=S)NC(c2ccccn2)C1c1ccc(-c2ccc(F)cc2)o1. The highest BCUT2D eigenvalue weighted by molar-refractivity contribution is 7.80. The number of halogens is 1. The summed E-state index contributed by atoms with van der Waals surface area (Å²) in [7, 11) is 1.36. The van der Waals surface area contributed by atoms with Crippen molar-refractivity contribution in [3.8, 4) is 11.3 Å². The molecule has 6 nitrogen and oxygen atoms in total. The summed E-state index contributed by atoms with van der Waals surface area (Å²) < 4.78 is 24.2. The van der Waals surface area contributed by atoms with E-state index in [0.717, 1.165) is 11.3 Å². The summed E-state index contributed by atoms with van der Waals surface area (Å²) in [5.41, 5.74) is 1.58. The Hall–Kier alpha value is -3.26. The number of esters is 1. The topological polar surface area (TPSA) is 67.6 Å². The van der Waals surface area contributed by atoms with Crippen LogP contribution >= 0.6 is 12.2 Å². The Bertz CT molecular complexity index is 1040. The molecule has 1 N–H and O–H groups in total. The van der Waals surface area contributed by atoms with E-state index in [1.807, 2.05) is 35.2 Å². The van der Waals surface area contributed by atoms with Crippen LogP contribution in [0.4, 0.5) is 4.39 Å². The first-order valence-corrected chi connectivity index (χ1v) is 9.88. The number of methoxy groups -OCH3 is 1. The van der Waals surface area contributed by atoms with Gasteiger partial charge in [-0.15, -0.1) is 0 Å². The third-order valence-electron chi connectivity index (χ3n) is 5.03. The van der Waals surface area contributed by atoms with Crippen LogP contribution in [0.3, 0.4) is 0 Å². The number of thiocarbonyl (C=S) groups is 1. The molecule has 154 valence electrons. The van der Waals surface area contributed by atoms with E-state index in [1.165, 1.54) is 19.2 Å². The predicted molar refractivity (Wildman–Crippen MR) is 113 cm³/mol. The largest absolute Gasteiger partial charge is 0.469 e. The highest BCUT2D eigenvalue weighted by Gasteiger charge is 2.41. The van der Waals surface area contributed by atoms with E-state index >= 15 is 0 Å². The van der Waals surface area contributed by atoms with E-state index in [0.29, 0.717) is 23.2 Å². The molecule has 30 heavy (non-hydrogen) atoms. The van der Waals surface area contributed by atoms with Gasteiger partial charge in [0.2, 0.25) is 0 Å². The Morgan fingerprint density at radius 2 is 2.03 bits per heavy atom. The number of hydrogen-bond donors (Lipinski definition) is 1. The molecule has 2 unspecified atom stereocenters. The molecule has 1 aliphatic rings. The zero-order chi connectivity index (χ0) is 21.1. The minimum absolute atomic E-state index is 0.190. The van der Waals surface area contributed by atoms with Crippen LogP contribution in [-0.2, 0) is 9.53 Å². The summed E-state index contributed by atoms with van der Waals surface area (Å²) in [6.07, 6.45) is 1.91. The van der Waals surface area contributed by atoms with Crippen molar-refractivity contribution >= 4 is 23.3 Å². The number of hydrogen-bond acceptors (Lipinski definition) is 5. The van der Waals surface area contributed by atoms with Gasteiger partial charge in [0.25, 0.3) is 0 Å². The van der Waals surface area contributed by atoms with Gasteiger partial charge in [-0.3, -0.25) is 9.78 Å². The molecule has 1 fully saturated rings. The van der Waals surface area contributed by atoms with Crippen molar-refractivity contribution in [2.45, 2.75) is 18.5 Å². The maximum absolute atomic E-state index is 13.3. The molecule has 2 atom stereocenters. The van der Waals surface area contributed by atoms with Crippen molar-refractivity contribution in [1.82, 2.24) is 15.2 Å². The molecule has 0 bridgehead atoms. The minimum atomic E-state index is -0.315. The number of benzene rings is 1. The van der Waals surface area contributed by atoms with Crippen LogP contribution in [0.1, 0.15) is 30.0 Å².